The molecular formula is C22H29N3O4. The number of aliphatic hydroxyl groups excluding tert-OH is 1. The van der Waals surface area contributed by atoms with Gasteiger partial charge in [0, 0.05) is 45.0 Å². The van der Waals surface area contributed by atoms with E-state index in [0.29, 0.717) is 5.56 Å². The molecule has 2 N–H and O–H groups in total. The van der Waals surface area contributed by atoms with Crippen molar-refractivity contribution in [2.45, 2.75) is 31.6 Å². The van der Waals surface area contributed by atoms with Crippen LogP contribution in [0.25, 0.3) is 0 Å². The van der Waals surface area contributed by atoms with Crippen LogP contribution in [0.3, 0.4) is 0 Å². The van der Waals surface area contributed by atoms with E-state index in [1.165, 1.54) is 7.11 Å². The minimum Gasteiger partial charge on any atom is -0.490 e. The van der Waals surface area contributed by atoms with Gasteiger partial charge in [-0.05, 0) is 49.2 Å². The molecule has 2 heterocycles. The number of amides is 1. The van der Waals surface area contributed by atoms with E-state index in [-0.39, 0.29) is 25.2 Å². The van der Waals surface area contributed by atoms with Gasteiger partial charge in [-0.2, -0.15) is 0 Å². The Morgan fingerprint density at radius 2 is 2.00 bits per heavy atom. The van der Waals surface area contributed by atoms with E-state index in [2.05, 4.69) is 21.3 Å². The third-order valence-electron chi connectivity index (χ3n) is 4.92. The minimum atomic E-state index is -0.713. The summed E-state index contributed by atoms with van der Waals surface area (Å²) in [6.07, 6.45) is 3.23. The topological polar surface area (TPSA) is 83.9 Å². The number of likely N-dealkylation sites (tertiary alicyclic amines) is 1. The molecule has 29 heavy (non-hydrogen) atoms. The molecule has 1 aromatic carbocycles. The highest BCUT2D eigenvalue weighted by atomic mass is 16.5. The summed E-state index contributed by atoms with van der Waals surface area (Å²) in [5.74, 6) is 0.540. The van der Waals surface area contributed by atoms with Gasteiger partial charge in [0.25, 0.3) is 5.91 Å². The van der Waals surface area contributed by atoms with Crippen LogP contribution in [-0.2, 0) is 11.3 Å². The van der Waals surface area contributed by atoms with Crippen molar-refractivity contribution in [3.8, 4) is 5.75 Å². The largest absolute Gasteiger partial charge is 0.490 e. The number of nitrogens with zero attached hydrogens (tertiary/aromatic N) is 2. The molecule has 0 aliphatic carbocycles. The number of rotatable bonds is 9. The van der Waals surface area contributed by atoms with Crippen LogP contribution < -0.4 is 10.1 Å². The summed E-state index contributed by atoms with van der Waals surface area (Å²) in [6.45, 7) is 3.17. The standard InChI is InChI=1S/C22H29N3O4/c1-28-16-19(26)14-24-22(27)17-5-7-20(8-6-17)29-21-9-12-25(13-10-21)15-18-4-2-3-11-23-18/h2-8,11,19,21,26H,9-10,12-16H2,1H3,(H,24,27)/t19-/m1/s1. The molecule has 1 amide bonds. The molecule has 0 spiro atoms. The van der Waals surface area contributed by atoms with E-state index in [1.807, 2.05) is 30.5 Å². The Kier molecular flexibility index (Phi) is 7.98. The fourth-order valence-electron chi connectivity index (χ4n) is 3.35. The van der Waals surface area contributed by atoms with Gasteiger partial charge < -0.3 is 19.9 Å². The van der Waals surface area contributed by atoms with Crippen molar-refractivity contribution in [2.24, 2.45) is 0 Å². The fraction of sp³-hybridized carbons (Fsp3) is 0.455. The van der Waals surface area contributed by atoms with E-state index in [1.54, 1.807) is 12.1 Å². The van der Waals surface area contributed by atoms with Crippen LogP contribution in [-0.4, -0.2) is 66.5 Å². The molecule has 1 aromatic heterocycles. The lowest BCUT2D eigenvalue weighted by Crippen LogP contribution is -2.38. The Bertz CT molecular complexity index is 746. The number of ether oxygens (including phenoxy) is 2. The minimum absolute atomic E-state index is 0.155. The van der Waals surface area contributed by atoms with Crippen LogP contribution in [0.15, 0.2) is 48.7 Å². The number of carbonyl (C=O) groups excluding carboxylic acids is 1. The summed E-state index contributed by atoms with van der Waals surface area (Å²) in [5, 5.41) is 12.3. The molecule has 7 heteroatoms. The number of nitrogens with one attached hydrogen (secondary N) is 1. The Morgan fingerprint density at radius 1 is 1.24 bits per heavy atom. The van der Waals surface area contributed by atoms with Gasteiger partial charge in [0.05, 0.1) is 18.4 Å². The maximum absolute atomic E-state index is 12.1. The van der Waals surface area contributed by atoms with Crippen molar-refractivity contribution >= 4 is 5.91 Å². The number of hydrogen-bond acceptors (Lipinski definition) is 6. The first-order valence-corrected chi connectivity index (χ1v) is 9.98. The number of benzene rings is 1. The first-order valence-electron chi connectivity index (χ1n) is 9.98. The van der Waals surface area contributed by atoms with Crippen molar-refractivity contribution in [3.05, 3.63) is 59.9 Å². The first kappa shape index (κ1) is 21.2. The zero-order valence-corrected chi connectivity index (χ0v) is 16.8. The highest BCUT2D eigenvalue weighted by Crippen LogP contribution is 2.20. The summed E-state index contributed by atoms with van der Waals surface area (Å²) < 4.78 is 10.9. The summed E-state index contributed by atoms with van der Waals surface area (Å²) in [6, 6.07) is 13.1. The Hall–Kier alpha value is -2.48. The number of piperidine rings is 1. The van der Waals surface area contributed by atoms with Crippen LogP contribution >= 0.6 is 0 Å². The summed E-state index contributed by atoms with van der Waals surface area (Å²) in [5.41, 5.74) is 1.63. The average Bonchev–Trinajstić information content (AvgIpc) is 2.75. The van der Waals surface area contributed by atoms with Gasteiger partial charge in [0.2, 0.25) is 0 Å². The van der Waals surface area contributed by atoms with Crippen LogP contribution in [0.1, 0.15) is 28.9 Å². The second-order valence-corrected chi connectivity index (χ2v) is 7.26. The van der Waals surface area contributed by atoms with E-state index in [4.69, 9.17) is 9.47 Å². The van der Waals surface area contributed by atoms with Crippen molar-refractivity contribution in [1.29, 1.82) is 0 Å². The van der Waals surface area contributed by atoms with Crippen LogP contribution in [0.2, 0.25) is 0 Å². The summed E-state index contributed by atoms with van der Waals surface area (Å²) in [4.78, 5) is 18.9. The van der Waals surface area contributed by atoms with Crippen molar-refractivity contribution in [2.75, 3.05) is 33.4 Å². The highest BCUT2D eigenvalue weighted by molar-refractivity contribution is 5.94. The molecule has 0 bridgehead atoms. The van der Waals surface area contributed by atoms with E-state index >= 15 is 0 Å². The monoisotopic (exact) mass is 399 g/mol. The van der Waals surface area contributed by atoms with Crippen LogP contribution in [0.4, 0.5) is 0 Å². The molecule has 1 atom stereocenters. The number of aliphatic hydroxyl groups is 1. The number of hydrogen-bond donors (Lipinski definition) is 2. The number of pyridine rings is 1. The number of carbonyl (C=O) groups is 1. The van der Waals surface area contributed by atoms with E-state index in [9.17, 15) is 9.90 Å². The SMILES string of the molecule is COC[C@H](O)CNC(=O)c1ccc(OC2CCN(Cc3ccccn3)CC2)cc1. The van der Waals surface area contributed by atoms with Crippen molar-refractivity contribution < 1.29 is 19.4 Å². The maximum atomic E-state index is 12.1. The zero-order chi connectivity index (χ0) is 20.5. The lowest BCUT2D eigenvalue weighted by molar-refractivity contribution is 0.0609. The van der Waals surface area contributed by atoms with Gasteiger partial charge in [-0.25, -0.2) is 0 Å². The number of aromatic nitrogens is 1. The molecule has 0 unspecified atom stereocenters. The average molecular weight is 399 g/mol. The van der Waals surface area contributed by atoms with Gasteiger partial charge in [-0.3, -0.25) is 14.7 Å². The third kappa shape index (κ3) is 6.81. The van der Waals surface area contributed by atoms with Gasteiger partial charge in [0.15, 0.2) is 0 Å². The summed E-state index contributed by atoms with van der Waals surface area (Å²) >= 11 is 0. The second kappa shape index (κ2) is 10.9. The molecule has 2 aromatic rings. The maximum Gasteiger partial charge on any atom is 0.251 e. The third-order valence-corrected chi connectivity index (χ3v) is 4.92. The van der Waals surface area contributed by atoms with Crippen molar-refractivity contribution in [3.63, 3.8) is 0 Å². The summed E-state index contributed by atoms with van der Waals surface area (Å²) in [7, 11) is 1.51. The first-order chi connectivity index (χ1) is 14.1. The molecule has 1 fully saturated rings. The molecule has 0 radical (unpaired) electrons. The van der Waals surface area contributed by atoms with Gasteiger partial charge in [-0.15, -0.1) is 0 Å². The van der Waals surface area contributed by atoms with E-state index < -0.39 is 6.10 Å². The van der Waals surface area contributed by atoms with Crippen molar-refractivity contribution in [1.82, 2.24) is 15.2 Å². The predicted octanol–water partition coefficient (Wildman–Crippen LogP) is 1.86. The smallest absolute Gasteiger partial charge is 0.251 e. The zero-order valence-electron chi connectivity index (χ0n) is 16.8. The van der Waals surface area contributed by atoms with Gasteiger partial charge in [-0.1, -0.05) is 6.07 Å². The molecule has 1 aliphatic rings. The fourth-order valence-corrected chi connectivity index (χ4v) is 3.35. The molecule has 156 valence electrons. The molecule has 3 rings (SSSR count). The number of methoxy groups -OCH3 is 1. The Labute approximate surface area is 171 Å². The highest BCUT2D eigenvalue weighted by Gasteiger charge is 2.21. The van der Waals surface area contributed by atoms with Gasteiger partial charge in [0.1, 0.15) is 11.9 Å². The second-order valence-electron chi connectivity index (χ2n) is 7.26. The van der Waals surface area contributed by atoms with E-state index in [0.717, 1.165) is 43.9 Å². The molecule has 1 aliphatic heterocycles. The molecule has 0 saturated carbocycles. The molecule has 1 saturated heterocycles. The normalized spacial score (nSPS) is 16.3. The predicted molar refractivity (Wildman–Crippen MR) is 110 cm³/mol. The lowest BCUT2D eigenvalue weighted by atomic mass is 10.1. The lowest BCUT2D eigenvalue weighted by Gasteiger charge is -2.31. The van der Waals surface area contributed by atoms with Crippen LogP contribution in [0, 0.1) is 0 Å². The van der Waals surface area contributed by atoms with Crippen LogP contribution in [0.5, 0.6) is 5.75 Å². The molecule has 7 nitrogen and oxygen atoms in total. The quantitative estimate of drug-likeness (QED) is 0.670. The Morgan fingerprint density at radius 3 is 2.66 bits per heavy atom. The van der Waals surface area contributed by atoms with Gasteiger partial charge >= 0.3 is 0 Å². The molecular weight excluding hydrogens is 370 g/mol. The Balaban J connectivity index is 1.41.